The van der Waals surface area contributed by atoms with E-state index in [1.807, 2.05) is 30.3 Å². The molecule has 1 spiro atoms. The van der Waals surface area contributed by atoms with Crippen LogP contribution in [0.5, 0.6) is 0 Å². The third-order valence-electron chi connectivity index (χ3n) is 3.37. The van der Waals surface area contributed by atoms with Crippen LogP contribution in [0.1, 0.15) is 5.56 Å². The summed E-state index contributed by atoms with van der Waals surface area (Å²) in [5.74, 6) is -0.232. The normalized spacial score (nSPS) is 20.3. The van der Waals surface area contributed by atoms with Crippen LogP contribution in [0.4, 0.5) is 0 Å². The van der Waals surface area contributed by atoms with E-state index >= 15 is 0 Å². The summed E-state index contributed by atoms with van der Waals surface area (Å²) in [6, 6.07) is 9.33. The summed E-state index contributed by atoms with van der Waals surface area (Å²) in [7, 11) is 1.69. The van der Waals surface area contributed by atoms with Crippen molar-refractivity contribution in [2.75, 3.05) is 7.05 Å². The molecule has 0 radical (unpaired) electrons. The van der Waals surface area contributed by atoms with Gasteiger partial charge in [-0.2, -0.15) is 0 Å². The van der Waals surface area contributed by atoms with Crippen LogP contribution in [0.25, 0.3) is 0 Å². The second-order valence-electron chi connectivity index (χ2n) is 4.54. The molecule has 3 rings (SSSR count). The number of carbonyl (C=O) groups excluding carboxylic acids is 2. The van der Waals surface area contributed by atoms with Gasteiger partial charge in [0.1, 0.15) is 5.71 Å². The molecule has 0 aromatic heterocycles. The first-order valence-electron chi connectivity index (χ1n) is 5.98. The lowest BCUT2D eigenvalue weighted by Gasteiger charge is -2.28. The fourth-order valence-corrected chi connectivity index (χ4v) is 2.23. The number of carbonyl (C=O) groups is 2. The Morgan fingerprint density at radius 2 is 1.68 bits per heavy atom. The molecule has 2 aliphatic rings. The Balaban J connectivity index is 2.08. The Labute approximate surface area is 110 Å². The van der Waals surface area contributed by atoms with Crippen LogP contribution in [0, 0.1) is 0 Å². The number of amides is 1. The molecule has 4 heteroatoms. The fourth-order valence-electron chi connectivity index (χ4n) is 2.23. The summed E-state index contributed by atoms with van der Waals surface area (Å²) < 4.78 is 0. The Kier molecular flexibility index (Phi) is 2.45. The fraction of sp³-hybridized carbons (Fsp3) is 0.133. The molecule has 1 amide bonds. The van der Waals surface area contributed by atoms with Gasteiger partial charge in [0.15, 0.2) is 11.4 Å². The van der Waals surface area contributed by atoms with E-state index in [1.54, 1.807) is 19.2 Å². The van der Waals surface area contributed by atoms with Crippen LogP contribution in [-0.2, 0) is 9.59 Å². The lowest BCUT2D eigenvalue weighted by Crippen LogP contribution is -2.42. The molecule has 1 aromatic rings. The average molecular weight is 252 g/mol. The number of benzene rings is 1. The molecule has 94 valence electrons. The summed E-state index contributed by atoms with van der Waals surface area (Å²) in [4.78, 5) is 29.6. The molecule has 1 aromatic carbocycles. The second kappa shape index (κ2) is 4.02. The molecule has 0 atom stereocenters. The maximum Gasteiger partial charge on any atom is 0.274 e. The maximum absolute atomic E-state index is 12.3. The van der Waals surface area contributed by atoms with Crippen LogP contribution in [0.15, 0.2) is 59.6 Å². The molecule has 0 saturated heterocycles. The zero-order valence-electron chi connectivity index (χ0n) is 10.4. The molecule has 0 unspecified atom stereocenters. The van der Waals surface area contributed by atoms with Crippen molar-refractivity contribution in [3.63, 3.8) is 0 Å². The number of likely N-dealkylation sites (N-methyl/N-ethyl adjacent to an activating group) is 1. The van der Waals surface area contributed by atoms with Crippen molar-refractivity contribution >= 4 is 17.4 Å². The van der Waals surface area contributed by atoms with Gasteiger partial charge in [0.05, 0.1) is 0 Å². The first-order valence-corrected chi connectivity index (χ1v) is 5.98. The van der Waals surface area contributed by atoms with Crippen molar-refractivity contribution in [2.45, 2.75) is 5.66 Å². The quantitative estimate of drug-likeness (QED) is 0.757. The molecule has 19 heavy (non-hydrogen) atoms. The lowest BCUT2D eigenvalue weighted by atomic mass is 10.0. The van der Waals surface area contributed by atoms with E-state index in [-0.39, 0.29) is 11.7 Å². The topological polar surface area (TPSA) is 49.7 Å². The zero-order valence-corrected chi connectivity index (χ0v) is 10.4. The average Bonchev–Trinajstić information content (AvgIpc) is 2.69. The molecular weight excluding hydrogens is 240 g/mol. The smallest absolute Gasteiger partial charge is 0.274 e. The molecule has 0 N–H and O–H groups in total. The van der Waals surface area contributed by atoms with Gasteiger partial charge in [-0.15, -0.1) is 0 Å². The summed E-state index contributed by atoms with van der Waals surface area (Å²) in [5, 5.41) is 0. The Morgan fingerprint density at radius 1 is 1.05 bits per heavy atom. The number of hydrogen-bond donors (Lipinski definition) is 0. The number of nitrogens with zero attached hydrogens (tertiary/aromatic N) is 2. The second-order valence-corrected chi connectivity index (χ2v) is 4.54. The van der Waals surface area contributed by atoms with Crippen LogP contribution in [0.3, 0.4) is 0 Å². The van der Waals surface area contributed by atoms with Crippen molar-refractivity contribution in [1.29, 1.82) is 0 Å². The van der Waals surface area contributed by atoms with Crippen molar-refractivity contribution in [3.05, 3.63) is 60.2 Å². The highest BCUT2D eigenvalue weighted by Gasteiger charge is 2.42. The lowest BCUT2D eigenvalue weighted by molar-refractivity contribution is -0.124. The van der Waals surface area contributed by atoms with Gasteiger partial charge >= 0.3 is 0 Å². The molecule has 0 saturated carbocycles. The van der Waals surface area contributed by atoms with Crippen LogP contribution >= 0.6 is 0 Å². The maximum atomic E-state index is 12.3. The molecule has 1 aliphatic carbocycles. The molecule has 0 fully saturated rings. The Bertz CT molecular complexity index is 625. The largest absolute Gasteiger partial charge is 0.309 e. The minimum Gasteiger partial charge on any atom is -0.309 e. The molecule has 1 heterocycles. The zero-order chi connectivity index (χ0) is 13.5. The summed E-state index contributed by atoms with van der Waals surface area (Å²) in [6.07, 6.45) is 6.20. The van der Waals surface area contributed by atoms with Crippen molar-refractivity contribution < 1.29 is 9.59 Å². The first-order chi connectivity index (χ1) is 9.12. The van der Waals surface area contributed by atoms with E-state index in [4.69, 9.17) is 0 Å². The third kappa shape index (κ3) is 1.73. The number of ketones is 1. The minimum atomic E-state index is -0.851. The van der Waals surface area contributed by atoms with Gasteiger partial charge in [-0.1, -0.05) is 30.3 Å². The Morgan fingerprint density at radius 3 is 2.32 bits per heavy atom. The number of aliphatic imine (C=N–C) groups is 1. The summed E-state index contributed by atoms with van der Waals surface area (Å²) in [6.45, 7) is 0. The molecule has 0 bridgehead atoms. The van der Waals surface area contributed by atoms with E-state index in [1.165, 1.54) is 17.1 Å². The van der Waals surface area contributed by atoms with Gasteiger partial charge in [-0.25, -0.2) is 4.99 Å². The van der Waals surface area contributed by atoms with Crippen molar-refractivity contribution in [2.24, 2.45) is 4.99 Å². The van der Waals surface area contributed by atoms with Gasteiger partial charge in [-0.05, 0) is 24.3 Å². The van der Waals surface area contributed by atoms with Gasteiger partial charge < -0.3 is 4.90 Å². The van der Waals surface area contributed by atoms with E-state index in [0.717, 1.165) is 5.56 Å². The van der Waals surface area contributed by atoms with Crippen molar-refractivity contribution in [3.8, 4) is 0 Å². The van der Waals surface area contributed by atoms with E-state index < -0.39 is 5.66 Å². The highest BCUT2D eigenvalue weighted by atomic mass is 16.2. The third-order valence-corrected chi connectivity index (χ3v) is 3.37. The van der Waals surface area contributed by atoms with E-state index in [0.29, 0.717) is 5.71 Å². The van der Waals surface area contributed by atoms with Crippen LogP contribution < -0.4 is 0 Å². The predicted molar refractivity (Wildman–Crippen MR) is 71.8 cm³/mol. The Hall–Kier alpha value is -2.49. The van der Waals surface area contributed by atoms with Crippen molar-refractivity contribution in [1.82, 2.24) is 4.90 Å². The highest BCUT2D eigenvalue weighted by Crippen LogP contribution is 2.30. The highest BCUT2D eigenvalue weighted by molar-refractivity contribution is 6.47. The molecule has 1 aliphatic heterocycles. The number of hydrogen-bond acceptors (Lipinski definition) is 3. The van der Waals surface area contributed by atoms with Gasteiger partial charge in [0.2, 0.25) is 0 Å². The molecule has 4 nitrogen and oxygen atoms in total. The van der Waals surface area contributed by atoms with Crippen LogP contribution in [0.2, 0.25) is 0 Å². The van der Waals surface area contributed by atoms with Gasteiger partial charge in [-0.3, -0.25) is 9.59 Å². The summed E-state index contributed by atoms with van der Waals surface area (Å²) >= 11 is 0. The van der Waals surface area contributed by atoms with Crippen LogP contribution in [-0.4, -0.2) is 35.0 Å². The predicted octanol–water partition coefficient (Wildman–Crippen LogP) is 1.34. The number of allylic oxidation sites excluding steroid dienone is 2. The van der Waals surface area contributed by atoms with E-state index in [2.05, 4.69) is 4.99 Å². The van der Waals surface area contributed by atoms with Gasteiger partial charge in [0.25, 0.3) is 5.91 Å². The first kappa shape index (κ1) is 11.6. The summed E-state index contributed by atoms with van der Waals surface area (Å²) in [5.41, 5.74) is 0.359. The standard InChI is InChI=1S/C15H12N2O2/c1-17-14(19)13(11-5-3-2-4-6-11)16-15(17)9-7-12(18)8-10-15/h2-10H,1H3. The SMILES string of the molecule is CN1C(=O)C(c2ccccc2)=NC12C=CC(=O)C=C2. The van der Waals surface area contributed by atoms with Gasteiger partial charge in [0, 0.05) is 12.6 Å². The minimum absolute atomic E-state index is 0.0881. The molecular formula is C15H12N2O2. The monoisotopic (exact) mass is 252 g/mol. The van der Waals surface area contributed by atoms with E-state index in [9.17, 15) is 9.59 Å². The number of rotatable bonds is 1.